The number of hydrogen-bond acceptors (Lipinski definition) is 4. The molecule has 0 amide bonds. The molecule has 0 spiro atoms. The molecule has 0 saturated heterocycles. The van der Waals surface area contributed by atoms with Gasteiger partial charge in [-0.1, -0.05) is 0 Å². The summed E-state index contributed by atoms with van der Waals surface area (Å²) in [5, 5.41) is 5.32. The fraction of sp³-hybridized carbons (Fsp3) is 0.0714. The van der Waals surface area contributed by atoms with Gasteiger partial charge < -0.3 is 4.74 Å². The number of rotatable bonds is 2. The lowest BCUT2D eigenvalue weighted by Gasteiger charge is -1.97. The van der Waals surface area contributed by atoms with Crippen LogP contribution in [-0.2, 0) is 4.74 Å². The molecule has 0 unspecified atom stereocenters. The van der Waals surface area contributed by atoms with Gasteiger partial charge >= 0.3 is 5.97 Å². The maximum atomic E-state index is 11.5. The van der Waals surface area contributed by atoms with Crippen LogP contribution in [0.1, 0.15) is 10.4 Å². The lowest BCUT2D eigenvalue weighted by atomic mass is 10.2. The molecule has 19 heavy (non-hydrogen) atoms. The number of esters is 1. The second-order valence-corrected chi connectivity index (χ2v) is 4.05. The average molecular weight is 253 g/mol. The molecule has 0 fully saturated rings. The van der Waals surface area contributed by atoms with E-state index >= 15 is 0 Å². The Labute approximate surface area is 109 Å². The Morgan fingerprint density at radius 3 is 2.95 bits per heavy atom. The minimum Gasteiger partial charge on any atom is -0.465 e. The van der Waals surface area contributed by atoms with Crippen molar-refractivity contribution in [2.45, 2.75) is 0 Å². The van der Waals surface area contributed by atoms with Crippen LogP contribution in [-0.4, -0.2) is 27.8 Å². The van der Waals surface area contributed by atoms with Crippen LogP contribution in [0.5, 0.6) is 0 Å². The van der Waals surface area contributed by atoms with Gasteiger partial charge in [0.15, 0.2) is 0 Å². The summed E-state index contributed by atoms with van der Waals surface area (Å²) in [7, 11) is 1.37. The van der Waals surface area contributed by atoms with Gasteiger partial charge in [-0.25, -0.2) is 9.48 Å². The Balaban J connectivity index is 2.09. The van der Waals surface area contributed by atoms with Crippen LogP contribution in [0.2, 0.25) is 0 Å². The molecule has 2 heterocycles. The van der Waals surface area contributed by atoms with Crippen LogP contribution in [0.4, 0.5) is 0 Å². The zero-order valence-corrected chi connectivity index (χ0v) is 10.3. The van der Waals surface area contributed by atoms with Crippen molar-refractivity contribution in [1.29, 1.82) is 0 Å². The third-order valence-corrected chi connectivity index (χ3v) is 2.84. The van der Waals surface area contributed by atoms with Crippen molar-refractivity contribution in [1.82, 2.24) is 14.8 Å². The van der Waals surface area contributed by atoms with E-state index in [4.69, 9.17) is 4.74 Å². The van der Waals surface area contributed by atoms with Gasteiger partial charge in [0.25, 0.3) is 0 Å². The highest BCUT2D eigenvalue weighted by atomic mass is 16.5. The summed E-state index contributed by atoms with van der Waals surface area (Å²) >= 11 is 0. The van der Waals surface area contributed by atoms with E-state index < -0.39 is 0 Å². The van der Waals surface area contributed by atoms with Crippen LogP contribution >= 0.6 is 0 Å². The Morgan fingerprint density at radius 2 is 2.21 bits per heavy atom. The molecule has 2 aromatic heterocycles. The molecule has 0 atom stereocenters. The standard InChI is InChI=1S/C14H11N3O2/c1-19-14(18)10-4-5-13-11(7-10)9-17(16-13)12-3-2-6-15-8-12/h2-9H,1H3. The van der Waals surface area contributed by atoms with Gasteiger partial charge in [0.1, 0.15) is 0 Å². The van der Waals surface area contributed by atoms with Crippen LogP contribution < -0.4 is 0 Å². The molecular weight excluding hydrogens is 242 g/mol. The van der Waals surface area contributed by atoms with Crippen molar-refractivity contribution >= 4 is 16.9 Å². The number of fused-ring (bicyclic) bond motifs is 1. The first-order chi connectivity index (χ1) is 9.28. The number of ether oxygens (including phenoxy) is 1. The highest BCUT2D eigenvalue weighted by Gasteiger charge is 2.08. The summed E-state index contributed by atoms with van der Waals surface area (Å²) in [6, 6.07) is 9.03. The zero-order chi connectivity index (χ0) is 13.2. The summed E-state index contributed by atoms with van der Waals surface area (Å²) in [6.07, 6.45) is 5.30. The zero-order valence-electron chi connectivity index (χ0n) is 10.3. The number of hydrogen-bond donors (Lipinski definition) is 0. The molecule has 1 aromatic carbocycles. The van der Waals surface area contributed by atoms with Crippen LogP contribution in [0.25, 0.3) is 16.6 Å². The number of benzene rings is 1. The van der Waals surface area contributed by atoms with Crippen LogP contribution in [0.3, 0.4) is 0 Å². The summed E-state index contributed by atoms with van der Waals surface area (Å²) in [4.78, 5) is 15.5. The molecule has 0 aliphatic heterocycles. The monoisotopic (exact) mass is 253 g/mol. The molecule has 5 nitrogen and oxygen atoms in total. The highest BCUT2D eigenvalue weighted by Crippen LogP contribution is 2.17. The van der Waals surface area contributed by atoms with E-state index in [0.717, 1.165) is 16.6 Å². The van der Waals surface area contributed by atoms with E-state index in [0.29, 0.717) is 5.56 Å². The first-order valence-corrected chi connectivity index (χ1v) is 5.76. The van der Waals surface area contributed by atoms with E-state index in [9.17, 15) is 4.79 Å². The van der Waals surface area contributed by atoms with E-state index in [-0.39, 0.29) is 5.97 Å². The lowest BCUT2D eigenvalue weighted by molar-refractivity contribution is 0.0601. The van der Waals surface area contributed by atoms with E-state index in [1.165, 1.54) is 7.11 Å². The molecule has 0 radical (unpaired) electrons. The number of carbonyl (C=O) groups is 1. The molecule has 0 saturated carbocycles. The van der Waals surface area contributed by atoms with Gasteiger partial charge in [0, 0.05) is 17.8 Å². The smallest absolute Gasteiger partial charge is 0.337 e. The summed E-state index contributed by atoms with van der Waals surface area (Å²) < 4.78 is 6.44. The van der Waals surface area contributed by atoms with E-state index in [1.54, 1.807) is 35.3 Å². The predicted octanol–water partition coefficient (Wildman–Crippen LogP) is 2.21. The number of carbonyl (C=O) groups excluding carboxylic acids is 1. The fourth-order valence-electron chi connectivity index (χ4n) is 1.89. The number of pyridine rings is 1. The van der Waals surface area contributed by atoms with Crippen molar-refractivity contribution in [2.24, 2.45) is 0 Å². The second kappa shape index (κ2) is 4.53. The molecule has 0 N–H and O–H groups in total. The van der Waals surface area contributed by atoms with Crippen LogP contribution in [0.15, 0.2) is 48.9 Å². The minimum atomic E-state index is -0.351. The molecule has 94 valence electrons. The Hall–Kier alpha value is -2.69. The largest absolute Gasteiger partial charge is 0.465 e. The number of aromatic nitrogens is 3. The quantitative estimate of drug-likeness (QED) is 0.657. The van der Waals surface area contributed by atoms with E-state index in [1.807, 2.05) is 18.3 Å². The number of methoxy groups -OCH3 is 1. The van der Waals surface area contributed by atoms with Gasteiger partial charge in [-0.2, -0.15) is 5.10 Å². The van der Waals surface area contributed by atoms with Gasteiger partial charge in [0.2, 0.25) is 0 Å². The highest BCUT2D eigenvalue weighted by molar-refractivity contribution is 5.94. The molecule has 0 bridgehead atoms. The fourth-order valence-corrected chi connectivity index (χ4v) is 1.89. The third kappa shape index (κ3) is 2.06. The van der Waals surface area contributed by atoms with Crippen molar-refractivity contribution in [2.75, 3.05) is 7.11 Å². The minimum absolute atomic E-state index is 0.351. The second-order valence-electron chi connectivity index (χ2n) is 4.05. The van der Waals surface area contributed by atoms with Gasteiger partial charge in [-0.05, 0) is 30.3 Å². The van der Waals surface area contributed by atoms with Gasteiger partial charge in [-0.3, -0.25) is 4.98 Å². The molecule has 3 aromatic rings. The molecule has 0 aliphatic rings. The first-order valence-electron chi connectivity index (χ1n) is 5.76. The first kappa shape index (κ1) is 11.4. The number of nitrogens with zero attached hydrogens (tertiary/aromatic N) is 3. The van der Waals surface area contributed by atoms with Gasteiger partial charge in [0.05, 0.1) is 30.1 Å². The normalized spacial score (nSPS) is 10.6. The van der Waals surface area contributed by atoms with Crippen molar-refractivity contribution in [3.63, 3.8) is 0 Å². The predicted molar refractivity (Wildman–Crippen MR) is 70.2 cm³/mol. The summed E-state index contributed by atoms with van der Waals surface area (Å²) in [6.45, 7) is 0. The maximum absolute atomic E-state index is 11.5. The van der Waals surface area contributed by atoms with Crippen molar-refractivity contribution in [3.05, 3.63) is 54.5 Å². The van der Waals surface area contributed by atoms with Crippen LogP contribution in [0, 0.1) is 0 Å². The van der Waals surface area contributed by atoms with Gasteiger partial charge in [-0.15, -0.1) is 0 Å². The summed E-state index contributed by atoms with van der Waals surface area (Å²) in [5.41, 5.74) is 2.20. The van der Waals surface area contributed by atoms with Crippen molar-refractivity contribution in [3.8, 4) is 5.69 Å². The van der Waals surface area contributed by atoms with Crippen molar-refractivity contribution < 1.29 is 9.53 Å². The Morgan fingerprint density at radius 1 is 1.32 bits per heavy atom. The average Bonchev–Trinajstić information content (AvgIpc) is 2.90. The summed E-state index contributed by atoms with van der Waals surface area (Å²) in [5.74, 6) is -0.351. The Bertz CT molecular complexity index is 735. The molecule has 5 heteroatoms. The van der Waals surface area contributed by atoms with E-state index in [2.05, 4.69) is 10.1 Å². The Kier molecular flexibility index (Phi) is 2.72. The molecular formula is C14H11N3O2. The molecule has 3 rings (SSSR count). The SMILES string of the molecule is COC(=O)c1ccc2nn(-c3cccnc3)cc2c1. The third-order valence-electron chi connectivity index (χ3n) is 2.84. The lowest BCUT2D eigenvalue weighted by Crippen LogP contribution is -2.00. The maximum Gasteiger partial charge on any atom is 0.337 e. The topological polar surface area (TPSA) is 57.0 Å². The molecule has 0 aliphatic carbocycles.